The number of hydrogen-bond donors (Lipinski definition) is 1. The van der Waals surface area contributed by atoms with Crippen LogP contribution in [0.2, 0.25) is 0 Å². The van der Waals surface area contributed by atoms with Crippen LogP contribution in [0.15, 0.2) is 0 Å². The van der Waals surface area contributed by atoms with Crippen LogP contribution in [0, 0.1) is 5.92 Å². The van der Waals surface area contributed by atoms with Crippen molar-refractivity contribution in [2.75, 3.05) is 26.4 Å². The Bertz CT molecular complexity index is 235. The highest BCUT2D eigenvalue weighted by molar-refractivity contribution is 4.88. The Morgan fingerprint density at radius 1 is 1.06 bits per heavy atom. The van der Waals surface area contributed by atoms with Gasteiger partial charge in [0.25, 0.3) is 0 Å². The molecule has 1 unspecified atom stereocenters. The first-order chi connectivity index (χ1) is 8.78. The van der Waals surface area contributed by atoms with Gasteiger partial charge in [0.05, 0.1) is 5.60 Å². The van der Waals surface area contributed by atoms with Gasteiger partial charge < -0.3 is 14.8 Å². The highest BCUT2D eigenvalue weighted by Gasteiger charge is 2.34. The molecule has 2 rings (SSSR count). The monoisotopic (exact) mass is 255 g/mol. The fourth-order valence-electron chi connectivity index (χ4n) is 3.23. The number of ether oxygens (including phenoxy) is 2. The van der Waals surface area contributed by atoms with E-state index in [-0.39, 0.29) is 5.60 Å². The lowest BCUT2D eigenvalue weighted by molar-refractivity contribution is -0.0935. The molecule has 3 nitrogen and oxygen atoms in total. The van der Waals surface area contributed by atoms with Crippen molar-refractivity contribution in [1.82, 2.24) is 5.32 Å². The summed E-state index contributed by atoms with van der Waals surface area (Å²) in [5.41, 5.74) is 0.144. The third kappa shape index (κ3) is 3.69. The molecule has 0 spiro atoms. The zero-order chi connectivity index (χ0) is 12.8. The van der Waals surface area contributed by atoms with Gasteiger partial charge in [-0.3, -0.25) is 0 Å². The third-order valence-electron chi connectivity index (χ3n) is 4.82. The molecule has 0 aromatic heterocycles. The van der Waals surface area contributed by atoms with E-state index < -0.39 is 0 Å². The van der Waals surface area contributed by atoms with Gasteiger partial charge in [-0.05, 0) is 51.0 Å². The van der Waals surface area contributed by atoms with Crippen molar-refractivity contribution >= 4 is 0 Å². The SMILES string of the molecule is CCC1(CC)CC(NCC2CCOCC2)CCO1. The van der Waals surface area contributed by atoms with Gasteiger partial charge in [0, 0.05) is 25.9 Å². The van der Waals surface area contributed by atoms with Crippen LogP contribution in [0.5, 0.6) is 0 Å². The van der Waals surface area contributed by atoms with Crippen LogP contribution in [0.1, 0.15) is 52.4 Å². The first-order valence-electron chi connectivity index (χ1n) is 7.73. The topological polar surface area (TPSA) is 30.5 Å². The first kappa shape index (κ1) is 14.3. The second-order valence-corrected chi connectivity index (χ2v) is 5.89. The van der Waals surface area contributed by atoms with E-state index >= 15 is 0 Å². The lowest BCUT2D eigenvalue weighted by atomic mass is 9.85. The third-order valence-corrected chi connectivity index (χ3v) is 4.82. The van der Waals surface area contributed by atoms with Crippen molar-refractivity contribution < 1.29 is 9.47 Å². The minimum absolute atomic E-state index is 0.144. The Morgan fingerprint density at radius 2 is 1.78 bits per heavy atom. The molecule has 2 aliphatic rings. The Hall–Kier alpha value is -0.120. The molecule has 1 N–H and O–H groups in total. The van der Waals surface area contributed by atoms with Gasteiger partial charge in [0.2, 0.25) is 0 Å². The molecule has 2 saturated heterocycles. The summed E-state index contributed by atoms with van der Waals surface area (Å²) < 4.78 is 11.4. The molecule has 0 aromatic carbocycles. The van der Waals surface area contributed by atoms with E-state index in [0.717, 1.165) is 45.1 Å². The summed E-state index contributed by atoms with van der Waals surface area (Å²) in [6, 6.07) is 0.654. The molecule has 0 amide bonds. The Balaban J connectivity index is 1.75. The molecule has 0 bridgehead atoms. The van der Waals surface area contributed by atoms with E-state index in [1.807, 2.05) is 0 Å². The van der Waals surface area contributed by atoms with E-state index in [9.17, 15) is 0 Å². The van der Waals surface area contributed by atoms with Gasteiger partial charge in [-0.15, -0.1) is 0 Å². The molecular formula is C15H29NO2. The molecule has 2 aliphatic heterocycles. The summed E-state index contributed by atoms with van der Waals surface area (Å²) in [5.74, 6) is 0.819. The van der Waals surface area contributed by atoms with Crippen LogP contribution >= 0.6 is 0 Å². The normalized spacial score (nSPS) is 29.3. The predicted octanol–water partition coefficient (Wildman–Crippen LogP) is 2.74. The molecule has 0 aromatic rings. The largest absolute Gasteiger partial charge is 0.381 e. The maximum absolute atomic E-state index is 6.03. The fourth-order valence-corrected chi connectivity index (χ4v) is 3.23. The van der Waals surface area contributed by atoms with E-state index in [1.165, 1.54) is 25.7 Å². The Kier molecular flexibility index (Phi) is 5.46. The maximum Gasteiger partial charge on any atom is 0.0692 e. The van der Waals surface area contributed by atoms with Crippen LogP contribution in [0.3, 0.4) is 0 Å². The minimum atomic E-state index is 0.144. The molecule has 0 radical (unpaired) electrons. The van der Waals surface area contributed by atoms with Gasteiger partial charge in [-0.25, -0.2) is 0 Å². The van der Waals surface area contributed by atoms with Gasteiger partial charge >= 0.3 is 0 Å². The van der Waals surface area contributed by atoms with Crippen molar-refractivity contribution in [1.29, 1.82) is 0 Å². The Morgan fingerprint density at radius 3 is 2.44 bits per heavy atom. The lowest BCUT2D eigenvalue weighted by Crippen LogP contribution is -2.47. The zero-order valence-corrected chi connectivity index (χ0v) is 12.0. The van der Waals surface area contributed by atoms with Crippen molar-refractivity contribution in [3.8, 4) is 0 Å². The zero-order valence-electron chi connectivity index (χ0n) is 12.0. The Labute approximate surface area is 112 Å². The standard InChI is InChI=1S/C15H29NO2/c1-3-15(4-2)11-14(7-10-18-15)16-12-13-5-8-17-9-6-13/h13-14,16H,3-12H2,1-2H3. The van der Waals surface area contributed by atoms with E-state index in [0.29, 0.717) is 6.04 Å². The molecule has 0 saturated carbocycles. The van der Waals surface area contributed by atoms with E-state index in [4.69, 9.17) is 9.47 Å². The van der Waals surface area contributed by atoms with Gasteiger partial charge in [0.15, 0.2) is 0 Å². The lowest BCUT2D eigenvalue weighted by Gasteiger charge is -2.41. The first-order valence-corrected chi connectivity index (χ1v) is 7.73. The van der Waals surface area contributed by atoms with Crippen LogP contribution < -0.4 is 5.32 Å². The summed E-state index contributed by atoms with van der Waals surface area (Å²) in [6.45, 7) is 8.50. The molecule has 0 aliphatic carbocycles. The second-order valence-electron chi connectivity index (χ2n) is 5.89. The molecule has 18 heavy (non-hydrogen) atoms. The number of rotatable bonds is 5. The second kappa shape index (κ2) is 6.88. The van der Waals surface area contributed by atoms with Gasteiger partial charge in [0.1, 0.15) is 0 Å². The van der Waals surface area contributed by atoms with Crippen LogP contribution in [0.25, 0.3) is 0 Å². The molecular weight excluding hydrogens is 226 g/mol. The fraction of sp³-hybridized carbons (Fsp3) is 1.00. The van der Waals surface area contributed by atoms with Crippen molar-refractivity contribution in [3.05, 3.63) is 0 Å². The average molecular weight is 255 g/mol. The number of hydrogen-bond acceptors (Lipinski definition) is 3. The quantitative estimate of drug-likeness (QED) is 0.819. The summed E-state index contributed by atoms with van der Waals surface area (Å²) in [4.78, 5) is 0. The van der Waals surface area contributed by atoms with Crippen molar-refractivity contribution in [3.63, 3.8) is 0 Å². The van der Waals surface area contributed by atoms with Crippen LogP contribution in [-0.4, -0.2) is 38.0 Å². The highest BCUT2D eigenvalue weighted by atomic mass is 16.5. The molecule has 1 atom stereocenters. The van der Waals surface area contributed by atoms with Crippen LogP contribution in [-0.2, 0) is 9.47 Å². The summed E-state index contributed by atoms with van der Waals surface area (Å²) in [6.07, 6.45) is 7.08. The van der Waals surface area contributed by atoms with Crippen LogP contribution in [0.4, 0.5) is 0 Å². The smallest absolute Gasteiger partial charge is 0.0692 e. The molecule has 106 valence electrons. The maximum atomic E-state index is 6.03. The molecule has 2 heterocycles. The van der Waals surface area contributed by atoms with Crippen molar-refractivity contribution in [2.24, 2.45) is 5.92 Å². The van der Waals surface area contributed by atoms with Crippen molar-refractivity contribution in [2.45, 2.75) is 64.0 Å². The van der Waals surface area contributed by atoms with E-state index in [2.05, 4.69) is 19.2 Å². The summed E-state index contributed by atoms with van der Waals surface area (Å²) in [7, 11) is 0. The van der Waals surface area contributed by atoms with E-state index in [1.54, 1.807) is 0 Å². The summed E-state index contributed by atoms with van der Waals surface area (Å²) in [5, 5.41) is 3.78. The molecule has 2 fully saturated rings. The average Bonchev–Trinajstić information content (AvgIpc) is 2.46. The highest BCUT2D eigenvalue weighted by Crippen LogP contribution is 2.31. The number of nitrogens with one attached hydrogen (secondary N) is 1. The molecule has 3 heteroatoms. The summed E-state index contributed by atoms with van der Waals surface area (Å²) >= 11 is 0. The minimum Gasteiger partial charge on any atom is -0.381 e. The predicted molar refractivity (Wildman–Crippen MR) is 73.8 cm³/mol. The van der Waals surface area contributed by atoms with Gasteiger partial charge in [-0.2, -0.15) is 0 Å². The van der Waals surface area contributed by atoms with Gasteiger partial charge in [-0.1, -0.05) is 13.8 Å².